The van der Waals surface area contributed by atoms with Crippen LogP contribution in [-0.4, -0.2) is 44.2 Å². The molecule has 10 heteroatoms. The second-order valence-corrected chi connectivity index (χ2v) is 7.63. The second kappa shape index (κ2) is 5.52. The number of sulfone groups is 1. The molecule has 0 saturated carbocycles. The molecule has 3 heterocycles. The number of aromatic amines is 1. The van der Waals surface area contributed by atoms with Crippen molar-refractivity contribution in [3.05, 3.63) is 41.9 Å². The molecule has 4 rings (SSSR count). The molecule has 3 aromatic heterocycles. The van der Waals surface area contributed by atoms with Crippen molar-refractivity contribution in [3.8, 4) is 0 Å². The van der Waals surface area contributed by atoms with E-state index < -0.39 is 9.84 Å². The number of hydrogen-bond donors (Lipinski definition) is 2. The zero-order chi connectivity index (χ0) is 17.6. The molecule has 9 nitrogen and oxygen atoms in total. The van der Waals surface area contributed by atoms with Crippen LogP contribution in [0.1, 0.15) is 11.4 Å². The molecule has 0 fully saturated rings. The Labute approximate surface area is 143 Å². The molecule has 0 bridgehead atoms. The Kier molecular flexibility index (Phi) is 3.42. The molecule has 0 amide bonds. The van der Waals surface area contributed by atoms with Crippen molar-refractivity contribution < 1.29 is 8.42 Å². The van der Waals surface area contributed by atoms with Crippen LogP contribution in [0.2, 0.25) is 0 Å². The summed E-state index contributed by atoms with van der Waals surface area (Å²) >= 11 is 0. The Morgan fingerprint density at radius 1 is 1.20 bits per heavy atom. The van der Waals surface area contributed by atoms with Gasteiger partial charge in [-0.15, -0.1) is 0 Å². The van der Waals surface area contributed by atoms with Gasteiger partial charge >= 0.3 is 0 Å². The van der Waals surface area contributed by atoms with Gasteiger partial charge in [-0.05, 0) is 19.1 Å². The predicted molar refractivity (Wildman–Crippen MR) is 92.0 cm³/mol. The number of nitrogens with one attached hydrogen (secondary N) is 2. The lowest BCUT2D eigenvalue weighted by Gasteiger charge is -2.07. The highest BCUT2D eigenvalue weighted by Gasteiger charge is 2.17. The van der Waals surface area contributed by atoms with Crippen LogP contribution < -0.4 is 5.32 Å². The van der Waals surface area contributed by atoms with Crippen molar-refractivity contribution in [2.24, 2.45) is 0 Å². The second-order valence-electron chi connectivity index (χ2n) is 5.72. The van der Waals surface area contributed by atoms with Crippen LogP contribution in [-0.2, 0) is 16.4 Å². The van der Waals surface area contributed by atoms with Crippen molar-refractivity contribution in [2.75, 3.05) is 11.6 Å². The third kappa shape index (κ3) is 2.80. The van der Waals surface area contributed by atoms with Crippen molar-refractivity contribution in [2.45, 2.75) is 18.6 Å². The first kappa shape index (κ1) is 15.5. The summed E-state index contributed by atoms with van der Waals surface area (Å²) in [6.07, 6.45) is 2.69. The minimum atomic E-state index is -3.54. The van der Waals surface area contributed by atoms with E-state index in [1.54, 1.807) is 6.20 Å². The first-order chi connectivity index (χ1) is 11.9. The third-order valence-corrected chi connectivity index (χ3v) is 4.55. The lowest BCUT2D eigenvalue weighted by molar-refractivity contribution is 0.592. The van der Waals surface area contributed by atoms with Crippen LogP contribution in [0.3, 0.4) is 0 Å². The summed E-state index contributed by atoms with van der Waals surface area (Å²) in [4.78, 5) is 15.9. The summed E-state index contributed by atoms with van der Waals surface area (Å²) in [7, 11) is -3.54. The lowest BCUT2D eigenvalue weighted by Crippen LogP contribution is -2.14. The average molecular weight is 357 g/mol. The Balaban J connectivity index is 1.72. The fraction of sp³-hybridized carbons (Fsp3) is 0.200. The highest BCUT2D eigenvalue weighted by atomic mass is 32.2. The summed E-state index contributed by atoms with van der Waals surface area (Å²) in [5.74, 6) is 0.997. The topological polar surface area (TPSA) is 118 Å². The van der Waals surface area contributed by atoms with Crippen molar-refractivity contribution in [1.82, 2.24) is 29.5 Å². The number of imidazole rings is 1. The molecule has 4 aromatic rings. The summed E-state index contributed by atoms with van der Waals surface area (Å²) in [6.45, 7) is 2.15. The summed E-state index contributed by atoms with van der Waals surface area (Å²) < 4.78 is 25.2. The van der Waals surface area contributed by atoms with Crippen molar-refractivity contribution in [3.63, 3.8) is 0 Å². The van der Waals surface area contributed by atoms with Gasteiger partial charge in [0.05, 0.1) is 23.8 Å². The molecule has 1 aromatic carbocycles. The number of anilines is 1. The smallest absolute Gasteiger partial charge is 0.252 e. The minimum absolute atomic E-state index is 0.240. The number of benzene rings is 1. The highest BCUT2D eigenvalue weighted by Crippen LogP contribution is 2.16. The van der Waals surface area contributed by atoms with Crippen molar-refractivity contribution in [1.29, 1.82) is 0 Å². The van der Waals surface area contributed by atoms with Gasteiger partial charge in [-0.25, -0.2) is 13.4 Å². The minimum Gasteiger partial charge on any atom is -0.347 e. The number of hydrogen-bond acceptors (Lipinski definition) is 7. The standard InChI is InChI=1S/C15H15N7O2S/c1-9-7-17-22-13(9)20-15(25(2,23)24)21-14(22)16-8-12-18-10-5-3-4-6-11(10)19-12/h3-7H,8H2,1-2H3,(H,18,19)(H,16,20,21). The van der Waals surface area contributed by atoms with E-state index in [-0.39, 0.29) is 5.16 Å². The van der Waals surface area contributed by atoms with E-state index in [1.165, 1.54) is 4.52 Å². The third-order valence-electron chi connectivity index (χ3n) is 3.71. The lowest BCUT2D eigenvalue weighted by atomic mass is 10.3. The maximum Gasteiger partial charge on any atom is 0.252 e. The predicted octanol–water partition coefficient (Wildman–Crippen LogP) is 1.32. The molecule has 0 radical (unpaired) electrons. The van der Waals surface area contributed by atoms with Crippen LogP contribution >= 0.6 is 0 Å². The monoisotopic (exact) mass is 357 g/mol. The van der Waals surface area contributed by atoms with Gasteiger partial charge < -0.3 is 10.3 Å². The van der Waals surface area contributed by atoms with Crippen LogP contribution in [0.5, 0.6) is 0 Å². The molecular weight excluding hydrogens is 342 g/mol. The van der Waals surface area contributed by atoms with Crippen LogP contribution in [0, 0.1) is 6.92 Å². The van der Waals surface area contributed by atoms with Gasteiger partial charge in [0.1, 0.15) is 5.82 Å². The molecule has 0 aliphatic heterocycles. The molecule has 128 valence electrons. The van der Waals surface area contributed by atoms with Crippen LogP contribution in [0.4, 0.5) is 5.95 Å². The number of H-pyrrole nitrogens is 1. The highest BCUT2D eigenvalue weighted by molar-refractivity contribution is 7.90. The van der Waals surface area contributed by atoms with Gasteiger partial charge in [0.2, 0.25) is 15.8 Å². The molecule has 25 heavy (non-hydrogen) atoms. The number of para-hydroxylation sites is 2. The van der Waals surface area contributed by atoms with Gasteiger partial charge in [-0.1, -0.05) is 12.1 Å². The van der Waals surface area contributed by atoms with E-state index in [4.69, 9.17) is 0 Å². The zero-order valence-corrected chi connectivity index (χ0v) is 14.4. The first-order valence-corrected chi connectivity index (χ1v) is 9.41. The number of rotatable bonds is 4. The van der Waals surface area contributed by atoms with Gasteiger partial charge in [0, 0.05) is 11.8 Å². The SMILES string of the molecule is Cc1cnn2c(NCc3nc4ccccc4[nH]3)nc(S(C)(=O)=O)nc12. The van der Waals surface area contributed by atoms with Crippen LogP contribution in [0.15, 0.2) is 35.6 Å². The van der Waals surface area contributed by atoms with Crippen molar-refractivity contribution >= 4 is 32.5 Å². The normalized spacial score (nSPS) is 12.1. The summed E-state index contributed by atoms with van der Waals surface area (Å²) in [6, 6.07) is 7.69. The molecule has 0 spiro atoms. The molecule has 2 N–H and O–H groups in total. The number of aromatic nitrogens is 6. The number of aryl methyl sites for hydroxylation is 1. The molecule has 0 aliphatic rings. The molecule has 0 unspecified atom stereocenters. The number of fused-ring (bicyclic) bond motifs is 2. The summed E-state index contributed by atoms with van der Waals surface area (Å²) in [5, 5.41) is 7.04. The average Bonchev–Trinajstić information content (AvgIpc) is 3.15. The van der Waals surface area contributed by atoms with E-state index in [2.05, 4.69) is 30.4 Å². The van der Waals surface area contributed by atoms with Gasteiger partial charge in [-0.2, -0.15) is 19.6 Å². The molecule has 0 atom stereocenters. The maximum absolute atomic E-state index is 11.9. The maximum atomic E-state index is 11.9. The molecule has 0 saturated heterocycles. The van der Waals surface area contributed by atoms with Gasteiger partial charge in [0.15, 0.2) is 5.65 Å². The Bertz CT molecular complexity index is 1160. The molecule has 0 aliphatic carbocycles. The number of nitrogens with zero attached hydrogens (tertiary/aromatic N) is 5. The molecular formula is C15H15N7O2S. The quantitative estimate of drug-likeness (QED) is 0.565. The Hall–Kier alpha value is -3.01. The fourth-order valence-electron chi connectivity index (χ4n) is 2.50. The summed E-state index contributed by atoms with van der Waals surface area (Å²) in [5.41, 5.74) is 3.00. The first-order valence-electron chi connectivity index (χ1n) is 7.52. The van der Waals surface area contributed by atoms with E-state index in [0.29, 0.717) is 24.0 Å². The van der Waals surface area contributed by atoms with E-state index in [9.17, 15) is 8.42 Å². The largest absolute Gasteiger partial charge is 0.347 e. The van der Waals surface area contributed by atoms with E-state index in [0.717, 1.165) is 22.9 Å². The van der Waals surface area contributed by atoms with Crippen LogP contribution in [0.25, 0.3) is 16.7 Å². The Morgan fingerprint density at radius 3 is 2.76 bits per heavy atom. The zero-order valence-electron chi connectivity index (χ0n) is 13.6. The van der Waals surface area contributed by atoms with E-state index in [1.807, 2.05) is 31.2 Å². The van der Waals surface area contributed by atoms with Gasteiger partial charge in [-0.3, -0.25) is 0 Å². The Morgan fingerprint density at radius 2 is 2.00 bits per heavy atom. The van der Waals surface area contributed by atoms with E-state index >= 15 is 0 Å². The fourth-order valence-corrected chi connectivity index (χ4v) is 3.00. The van der Waals surface area contributed by atoms with Gasteiger partial charge in [0.25, 0.3) is 5.16 Å².